The summed E-state index contributed by atoms with van der Waals surface area (Å²) < 4.78 is 37.4. The molecule has 0 radical (unpaired) electrons. The van der Waals surface area contributed by atoms with Crippen LogP contribution in [-0.4, -0.2) is 22.0 Å². The zero-order chi connectivity index (χ0) is 15.3. The van der Waals surface area contributed by atoms with Crippen molar-refractivity contribution in [3.8, 4) is 0 Å². The van der Waals surface area contributed by atoms with Crippen molar-refractivity contribution in [3.05, 3.63) is 36.0 Å². The number of aromatic nitrogens is 1. The highest BCUT2D eigenvalue weighted by atomic mass is 19.4. The maximum Gasteiger partial charge on any atom is 0.433 e. The van der Waals surface area contributed by atoms with Crippen molar-refractivity contribution in [3.63, 3.8) is 0 Å². The normalized spacial score (nSPS) is 10.8. The van der Waals surface area contributed by atoms with Crippen molar-refractivity contribution < 1.29 is 27.9 Å². The van der Waals surface area contributed by atoms with Gasteiger partial charge in [0.1, 0.15) is 11.3 Å². The highest BCUT2D eigenvalue weighted by Crippen LogP contribution is 2.29. The van der Waals surface area contributed by atoms with E-state index in [0.717, 1.165) is 6.07 Å². The molecule has 0 atom stereocenters. The van der Waals surface area contributed by atoms with E-state index in [1.165, 1.54) is 6.08 Å². The van der Waals surface area contributed by atoms with E-state index in [2.05, 4.69) is 17.0 Å². The third-order valence-corrected chi connectivity index (χ3v) is 2.07. The smallest absolute Gasteiger partial charge is 0.433 e. The second kappa shape index (κ2) is 6.04. The Balaban J connectivity index is 3.03. The molecule has 0 saturated carbocycles. The minimum atomic E-state index is -4.72. The standard InChI is InChI=1S/C11H10F3N3O3/c1-2-3-8(18)16-17-9-6(10(19)20)4-5-7(15-9)11(12,13)14/h2,4-5H,1,3H2,(H,15,17)(H,16,18)(H,19,20). The zero-order valence-corrected chi connectivity index (χ0v) is 9.99. The van der Waals surface area contributed by atoms with Crippen LogP contribution >= 0.6 is 0 Å². The first kappa shape index (κ1) is 15.5. The van der Waals surface area contributed by atoms with E-state index in [1.54, 1.807) is 0 Å². The number of anilines is 1. The number of aromatic carboxylic acids is 1. The molecular weight excluding hydrogens is 279 g/mol. The second-order valence-electron chi connectivity index (χ2n) is 3.56. The summed E-state index contributed by atoms with van der Waals surface area (Å²) in [6.45, 7) is 3.30. The van der Waals surface area contributed by atoms with Crippen LogP contribution in [0.2, 0.25) is 0 Å². The number of nitrogens with one attached hydrogen (secondary N) is 2. The first-order chi connectivity index (χ1) is 9.25. The fraction of sp³-hybridized carbons (Fsp3) is 0.182. The number of carboxylic acids is 1. The molecule has 108 valence electrons. The Labute approximate surface area is 111 Å². The van der Waals surface area contributed by atoms with Gasteiger partial charge in [0.15, 0.2) is 5.82 Å². The van der Waals surface area contributed by atoms with Crippen LogP contribution in [0.25, 0.3) is 0 Å². The molecule has 9 heteroatoms. The molecule has 0 aliphatic carbocycles. The Kier molecular flexibility index (Phi) is 4.68. The molecule has 0 fully saturated rings. The van der Waals surface area contributed by atoms with Gasteiger partial charge in [0.2, 0.25) is 5.91 Å². The summed E-state index contributed by atoms with van der Waals surface area (Å²) in [4.78, 5) is 25.1. The quantitative estimate of drug-likeness (QED) is 0.568. The van der Waals surface area contributed by atoms with Crippen molar-refractivity contribution >= 4 is 17.7 Å². The lowest BCUT2D eigenvalue weighted by Crippen LogP contribution is -2.30. The molecule has 1 amide bonds. The van der Waals surface area contributed by atoms with Gasteiger partial charge < -0.3 is 5.11 Å². The van der Waals surface area contributed by atoms with Crippen LogP contribution in [0.15, 0.2) is 24.8 Å². The fourth-order valence-electron chi connectivity index (χ4n) is 1.20. The highest BCUT2D eigenvalue weighted by molar-refractivity contribution is 5.93. The number of hydrogen-bond donors (Lipinski definition) is 3. The SMILES string of the molecule is C=CCC(=O)NNc1nc(C(F)(F)F)ccc1C(=O)O. The average molecular weight is 289 g/mol. The molecule has 1 heterocycles. The summed E-state index contributed by atoms with van der Waals surface area (Å²) in [7, 11) is 0. The molecule has 6 nitrogen and oxygen atoms in total. The molecule has 1 aromatic heterocycles. The summed E-state index contributed by atoms with van der Waals surface area (Å²) in [6.07, 6.45) is -3.54. The van der Waals surface area contributed by atoms with Crippen molar-refractivity contribution in [2.24, 2.45) is 0 Å². The van der Waals surface area contributed by atoms with Crippen molar-refractivity contribution in [1.29, 1.82) is 0 Å². The first-order valence-corrected chi connectivity index (χ1v) is 5.23. The molecule has 0 spiro atoms. The van der Waals surface area contributed by atoms with E-state index < -0.39 is 35.1 Å². The van der Waals surface area contributed by atoms with Crippen LogP contribution in [0.1, 0.15) is 22.5 Å². The molecule has 0 unspecified atom stereocenters. The van der Waals surface area contributed by atoms with Gasteiger partial charge in [-0.1, -0.05) is 6.08 Å². The lowest BCUT2D eigenvalue weighted by atomic mass is 10.2. The molecule has 0 aromatic carbocycles. The number of rotatable bonds is 5. The highest BCUT2D eigenvalue weighted by Gasteiger charge is 2.33. The average Bonchev–Trinajstić information content (AvgIpc) is 2.35. The number of carbonyl (C=O) groups excluding carboxylic acids is 1. The topological polar surface area (TPSA) is 91.3 Å². The largest absolute Gasteiger partial charge is 0.478 e. The molecule has 1 aromatic rings. The summed E-state index contributed by atoms with van der Waals surface area (Å²) in [5.74, 6) is -2.69. The Morgan fingerprint density at radius 2 is 2.05 bits per heavy atom. The third kappa shape index (κ3) is 3.97. The molecule has 0 saturated heterocycles. The Bertz CT molecular complexity index is 543. The van der Waals surface area contributed by atoms with Crippen molar-refractivity contribution in [2.45, 2.75) is 12.6 Å². The van der Waals surface area contributed by atoms with Crippen LogP contribution in [-0.2, 0) is 11.0 Å². The van der Waals surface area contributed by atoms with Crippen LogP contribution in [0.3, 0.4) is 0 Å². The predicted molar refractivity (Wildman–Crippen MR) is 62.8 cm³/mol. The summed E-state index contributed by atoms with van der Waals surface area (Å²) in [6, 6.07) is 1.29. The zero-order valence-electron chi connectivity index (χ0n) is 9.99. The monoisotopic (exact) mass is 289 g/mol. The number of halogens is 3. The van der Waals surface area contributed by atoms with E-state index in [-0.39, 0.29) is 6.42 Å². The molecule has 3 N–H and O–H groups in total. The lowest BCUT2D eigenvalue weighted by Gasteiger charge is -2.12. The Hall–Kier alpha value is -2.58. The maximum absolute atomic E-state index is 12.5. The van der Waals surface area contributed by atoms with Gasteiger partial charge in [-0.3, -0.25) is 15.6 Å². The van der Waals surface area contributed by atoms with Gasteiger partial charge in [-0.15, -0.1) is 6.58 Å². The van der Waals surface area contributed by atoms with Gasteiger partial charge in [-0.2, -0.15) is 13.2 Å². The summed E-state index contributed by atoms with van der Waals surface area (Å²) in [5.41, 5.74) is 2.29. The number of carboxylic acid groups (broad SMARTS) is 1. The Morgan fingerprint density at radius 1 is 1.40 bits per heavy atom. The van der Waals surface area contributed by atoms with Gasteiger partial charge in [0.25, 0.3) is 0 Å². The van der Waals surface area contributed by atoms with Gasteiger partial charge in [0, 0.05) is 6.42 Å². The predicted octanol–water partition coefficient (Wildman–Crippen LogP) is 1.82. The van der Waals surface area contributed by atoms with Crippen LogP contribution < -0.4 is 10.9 Å². The van der Waals surface area contributed by atoms with E-state index in [1.807, 2.05) is 5.43 Å². The van der Waals surface area contributed by atoms with Gasteiger partial charge in [-0.05, 0) is 12.1 Å². The molecule has 1 rings (SSSR count). The third-order valence-electron chi connectivity index (χ3n) is 2.07. The maximum atomic E-state index is 12.5. The Morgan fingerprint density at radius 3 is 2.55 bits per heavy atom. The van der Waals surface area contributed by atoms with E-state index in [9.17, 15) is 22.8 Å². The number of hydrazine groups is 1. The van der Waals surface area contributed by atoms with Gasteiger partial charge in [-0.25, -0.2) is 9.78 Å². The summed E-state index contributed by atoms with van der Waals surface area (Å²) >= 11 is 0. The van der Waals surface area contributed by atoms with E-state index >= 15 is 0 Å². The fourth-order valence-corrected chi connectivity index (χ4v) is 1.20. The number of hydrogen-bond acceptors (Lipinski definition) is 4. The molecule has 20 heavy (non-hydrogen) atoms. The molecular formula is C11H10F3N3O3. The number of alkyl halides is 3. The molecule has 0 aliphatic heterocycles. The van der Waals surface area contributed by atoms with Crippen LogP contribution in [0.5, 0.6) is 0 Å². The van der Waals surface area contributed by atoms with Crippen molar-refractivity contribution in [2.75, 3.05) is 5.43 Å². The van der Waals surface area contributed by atoms with Crippen molar-refractivity contribution in [1.82, 2.24) is 10.4 Å². The van der Waals surface area contributed by atoms with E-state index in [0.29, 0.717) is 6.07 Å². The minimum absolute atomic E-state index is 0.0889. The first-order valence-electron chi connectivity index (χ1n) is 5.23. The molecule has 0 bridgehead atoms. The minimum Gasteiger partial charge on any atom is -0.478 e. The van der Waals surface area contributed by atoms with E-state index in [4.69, 9.17) is 5.11 Å². The van der Waals surface area contributed by atoms with Gasteiger partial charge in [0.05, 0.1) is 0 Å². The number of nitrogens with zero attached hydrogens (tertiary/aromatic N) is 1. The summed E-state index contributed by atoms with van der Waals surface area (Å²) in [5, 5.41) is 8.84. The van der Waals surface area contributed by atoms with Crippen LogP contribution in [0, 0.1) is 0 Å². The second-order valence-corrected chi connectivity index (χ2v) is 3.56. The number of pyridine rings is 1. The van der Waals surface area contributed by atoms with Crippen LogP contribution in [0.4, 0.5) is 19.0 Å². The number of carbonyl (C=O) groups is 2. The lowest BCUT2D eigenvalue weighted by molar-refractivity contribution is -0.141. The molecule has 0 aliphatic rings. The van der Waals surface area contributed by atoms with Gasteiger partial charge >= 0.3 is 12.1 Å². The number of amides is 1.